The standard InChI is InChI=1S/C20H28N2S2Si/c1-13-21-19-17(23-13)18-20(22-14(2)24-18)25(19,15-9-5-3-6-10-15)16-11-7-4-8-12-16/h15-16H,3-12H2,1-2H3. The van der Waals surface area contributed by atoms with Crippen LogP contribution < -0.4 is 10.6 Å². The lowest BCUT2D eigenvalue weighted by Crippen LogP contribution is -2.64. The Morgan fingerprint density at radius 3 is 1.48 bits per heavy atom. The molecule has 5 rings (SSSR count). The van der Waals surface area contributed by atoms with Crippen LogP contribution in [0.2, 0.25) is 11.1 Å². The summed E-state index contributed by atoms with van der Waals surface area (Å²) in [7, 11) is -1.83. The van der Waals surface area contributed by atoms with Crippen LogP contribution in [-0.4, -0.2) is 18.0 Å². The zero-order valence-corrected chi connectivity index (χ0v) is 18.1. The highest BCUT2D eigenvalue weighted by molar-refractivity contribution is 7.28. The second kappa shape index (κ2) is 6.27. The molecule has 0 amide bonds. The largest absolute Gasteiger partial charge is 0.250 e. The van der Waals surface area contributed by atoms with Gasteiger partial charge in [-0.25, -0.2) is 0 Å². The van der Waals surface area contributed by atoms with E-state index in [1.807, 2.05) is 22.7 Å². The summed E-state index contributed by atoms with van der Waals surface area (Å²) >= 11 is 3.91. The van der Waals surface area contributed by atoms with E-state index in [2.05, 4.69) is 13.8 Å². The van der Waals surface area contributed by atoms with E-state index in [0.717, 1.165) is 11.1 Å². The van der Waals surface area contributed by atoms with Gasteiger partial charge in [0.25, 0.3) is 0 Å². The van der Waals surface area contributed by atoms with E-state index in [1.54, 1.807) is 20.4 Å². The minimum atomic E-state index is -1.83. The minimum Gasteiger partial charge on any atom is -0.250 e. The summed E-state index contributed by atoms with van der Waals surface area (Å²) in [5.41, 5.74) is 1.79. The Hall–Kier alpha value is -0.523. The average molecular weight is 389 g/mol. The Labute approximate surface area is 160 Å². The molecule has 0 saturated heterocycles. The number of nitrogens with zero attached hydrogens (tertiary/aromatic N) is 2. The van der Waals surface area contributed by atoms with E-state index in [1.165, 1.54) is 74.2 Å². The maximum atomic E-state index is 5.26. The van der Waals surface area contributed by atoms with E-state index in [-0.39, 0.29) is 0 Å². The van der Waals surface area contributed by atoms with Crippen LogP contribution in [0.3, 0.4) is 0 Å². The van der Waals surface area contributed by atoms with Crippen molar-refractivity contribution in [3.8, 4) is 9.75 Å². The number of aryl methyl sites for hydroxylation is 2. The molecule has 2 fully saturated rings. The summed E-state index contributed by atoms with van der Waals surface area (Å²) in [4.78, 5) is 13.6. The van der Waals surface area contributed by atoms with Gasteiger partial charge in [-0.2, -0.15) is 0 Å². The predicted molar refractivity (Wildman–Crippen MR) is 111 cm³/mol. The van der Waals surface area contributed by atoms with Crippen LogP contribution in [0.4, 0.5) is 0 Å². The molecule has 0 N–H and O–H groups in total. The van der Waals surface area contributed by atoms with Crippen molar-refractivity contribution in [1.82, 2.24) is 9.97 Å². The highest BCUT2D eigenvalue weighted by Gasteiger charge is 2.59. The molecule has 2 aromatic rings. The third kappa shape index (κ3) is 2.38. The molecule has 0 bridgehead atoms. The van der Waals surface area contributed by atoms with Crippen LogP contribution in [0.1, 0.15) is 74.2 Å². The second-order valence-electron chi connectivity index (χ2n) is 8.36. The fourth-order valence-corrected chi connectivity index (χ4v) is 16.3. The zero-order valence-electron chi connectivity index (χ0n) is 15.4. The molecule has 0 radical (unpaired) electrons. The Bertz CT molecular complexity index is 715. The Kier molecular flexibility index (Phi) is 4.18. The van der Waals surface area contributed by atoms with Gasteiger partial charge in [0.05, 0.1) is 30.4 Å². The molecule has 1 aliphatic heterocycles. The number of fused-ring (bicyclic) bond motifs is 3. The van der Waals surface area contributed by atoms with Crippen molar-refractivity contribution in [3.05, 3.63) is 10.0 Å². The van der Waals surface area contributed by atoms with Crippen LogP contribution in [0, 0.1) is 13.8 Å². The van der Waals surface area contributed by atoms with Gasteiger partial charge in [0, 0.05) is 0 Å². The number of aromatic nitrogens is 2. The van der Waals surface area contributed by atoms with Gasteiger partial charge in [-0.05, 0) is 24.9 Å². The third-order valence-electron chi connectivity index (χ3n) is 6.96. The van der Waals surface area contributed by atoms with Crippen molar-refractivity contribution < 1.29 is 0 Å². The molecular formula is C20H28N2S2Si. The lowest BCUT2D eigenvalue weighted by molar-refractivity contribution is 0.459. The van der Waals surface area contributed by atoms with Crippen molar-refractivity contribution in [3.63, 3.8) is 0 Å². The van der Waals surface area contributed by atoms with E-state index < -0.39 is 8.07 Å². The first-order valence-electron chi connectivity index (χ1n) is 10.2. The van der Waals surface area contributed by atoms with Crippen molar-refractivity contribution in [2.75, 3.05) is 0 Å². The average Bonchev–Trinajstić information content (AvgIpc) is 3.26. The maximum Gasteiger partial charge on any atom is 0.174 e. The van der Waals surface area contributed by atoms with Gasteiger partial charge in [-0.3, -0.25) is 9.97 Å². The number of thiazole rings is 2. The van der Waals surface area contributed by atoms with Crippen LogP contribution in [0.5, 0.6) is 0 Å². The molecule has 134 valence electrons. The van der Waals surface area contributed by atoms with Crippen molar-refractivity contribution in [1.29, 1.82) is 0 Å². The van der Waals surface area contributed by atoms with Crippen molar-refractivity contribution in [2.45, 2.75) is 89.1 Å². The fourth-order valence-electron chi connectivity index (χ4n) is 6.06. The summed E-state index contributed by atoms with van der Waals surface area (Å²) in [6.45, 7) is 4.44. The lowest BCUT2D eigenvalue weighted by Gasteiger charge is -2.44. The molecule has 0 unspecified atom stereocenters. The highest BCUT2D eigenvalue weighted by Crippen LogP contribution is 2.53. The molecular weight excluding hydrogens is 360 g/mol. The first kappa shape index (κ1) is 16.6. The van der Waals surface area contributed by atoms with Gasteiger partial charge in [-0.15, -0.1) is 22.7 Å². The molecule has 3 heterocycles. The molecule has 2 saturated carbocycles. The number of hydrogen-bond acceptors (Lipinski definition) is 4. The molecule has 3 aliphatic rings. The number of rotatable bonds is 2. The van der Waals surface area contributed by atoms with Crippen molar-refractivity contribution in [2.24, 2.45) is 0 Å². The summed E-state index contributed by atoms with van der Waals surface area (Å²) in [6, 6.07) is 0. The van der Waals surface area contributed by atoms with Crippen LogP contribution in [0.25, 0.3) is 9.75 Å². The zero-order chi connectivity index (χ0) is 17.0. The van der Waals surface area contributed by atoms with Crippen LogP contribution >= 0.6 is 22.7 Å². The molecule has 0 aromatic carbocycles. The van der Waals surface area contributed by atoms with Gasteiger partial charge in [0.2, 0.25) is 0 Å². The van der Waals surface area contributed by atoms with Crippen molar-refractivity contribution >= 4 is 41.4 Å². The minimum absolute atomic E-state index is 0.896. The fraction of sp³-hybridized carbons (Fsp3) is 0.700. The molecule has 2 aliphatic carbocycles. The molecule has 25 heavy (non-hydrogen) atoms. The van der Waals surface area contributed by atoms with E-state index >= 15 is 0 Å². The Morgan fingerprint density at radius 1 is 0.680 bits per heavy atom. The Morgan fingerprint density at radius 2 is 1.08 bits per heavy atom. The van der Waals surface area contributed by atoms with Gasteiger partial charge in [0.1, 0.15) is 0 Å². The first-order chi connectivity index (χ1) is 12.2. The topological polar surface area (TPSA) is 25.8 Å². The summed E-state index contributed by atoms with van der Waals surface area (Å²) in [5.74, 6) is 0. The highest BCUT2D eigenvalue weighted by atomic mass is 32.1. The normalized spacial score (nSPS) is 23.6. The van der Waals surface area contributed by atoms with E-state index in [0.29, 0.717) is 0 Å². The second-order valence-corrected chi connectivity index (χ2v) is 15.1. The van der Waals surface area contributed by atoms with E-state index in [9.17, 15) is 0 Å². The molecule has 5 heteroatoms. The lowest BCUT2D eigenvalue weighted by atomic mass is 9.99. The smallest absolute Gasteiger partial charge is 0.174 e. The SMILES string of the molecule is Cc1nc2c(s1)-c1sc(C)nc1[Si]2(C1CCCCC1)C1CCCCC1. The Balaban J connectivity index is 1.75. The third-order valence-corrected chi connectivity index (χ3v) is 15.4. The van der Waals surface area contributed by atoms with Gasteiger partial charge < -0.3 is 0 Å². The van der Waals surface area contributed by atoms with Gasteiger partial charge in [0.15, 0.2) is 8.07 Å². The quantitative estimate of drug-likeness (QED) is 0.641. The molecule has 0 spiro atoms. The van der Waals surface area contributed by atoms with Crippen LogP contribution in [-0.2, 0) is 0 Å². The predicted octanol–water partition coefficient (Wildman–Crippen LogP) is 5.43. The first-order valence-corrected chi connectivity index (χ1v) is 14.0. The molecule has 0 atom stereocenters. The van der Waals surface area contributed by atoms with Crippen LogP contribution in [0.15, 0.2) is 0 Å². The van der Waals surface area contributed by atoms with Gasteiger partial charge in [-0.1, -0.05) is 64.2 Å². The monoisotopic (exact) mass is 388 g/mol. The molecule has 2 aromatic heterocycles. The van der Waals surface area contributed by atoms with Gasteiger partial charge >= 0.3 is 0 Å². The summed E-state index contributed by atoms with van der Waals surface area (Å²) < 4.78 is 0. The number of hydrogen-bond donors (Lipinski definition) is 0. The summed E-state index contributed by atoms with van der Waals surface area (Å²) in [5, 5.41) is 5.74. The van der Waals surface area contributed by atoms with E-state index in [4.69, 9.17) is 9.97 Å². The molecule has 2 nitrogen and oxygen atoms in total. The summed E-state index contributed by atoms with van der Waals surface area (Å²) in [6.07, 6.45) is 14.4. The maximum absolute atomic E-state index is 5.26.